The highest BCUT2D eigenvalue weighted by molar-refractivity contribution is 7.94. The number of aryl methyl sites for hydroxylation is 1. The van der Waals surface area contributed by atoms with Crippen molar-refractivity contribution in [2.24, 2.45) is 10.1 Å². The van der Waals surface area contributed by atoms with Crippen LogP contribution in [0.5, 0.6) is 5.75 Å². The number of oxime groups is 1. The summed E-state index contributed by atoms with van der Waals surface area (Å²) < 4.78 is 43.1. The largest absolute Gasteiger partial charge is 0.496 e. The van der Waals surface area contributed by atoms with Crippen LogP contribution in [0.4, 0.5) is 0 Å². The molecule has 0 aliphatic carbocycles. The summed E-state index contributed by atoms with van der Waals surface area (Å²) in [4.78, 5) is 20.9. The predicted octanol–water partition coefficient (Wildman–Crippen LogP) is 8.59. The van der Waals surface area contributed by atoms with Gasteiger partial charge in [0.1, 0.15) is 17.3 Å². The number of carbonyl (C=O) groups excluding carboxylic acids is 1. The van der Waals surface area contributed by atoms with Crippen molar-refractivity contribution < 1.29 is 41.2 Å². The van der Waals surface area contributed by atoms with Crippen molar-refractivity contribution >= 4 is 52.2 Å². The van der Waals surface area contributed by atoms with Crippen LogP contribution in [0.1, 0.15) is 58.8 Å². The molecule has 0 bridgehead atoms. The zero-order chi connectivity index (χ0) is 37.5. The fourth-order valence-electron chi connectivity index (χ4n) is 3.94. The number of nitrogens with zero attached hydrogens (tertiary/aromatic N) is 2. The molecule has 1 unspecified atom stereocenters. The Labute approximate surface area is 309 Å². The Balaban J connectivity index is 0.000000277. The number of esters is 1. The number of benzene rings is 4. The number of hydrogen-bond donors (Lipinski definition) is 0. The molecule has 0 aliphatic rings. The number of methoxy groups -OCH3 is 1. The second-order valence-electron chi connectivity index (χ2n) is 10.4. The van der Waals surface area contributed by atoms with Gasteiger partial charge in [0.05, 0.1) is 48.8 Å². The Morgan fingerprint density at radius 2 is 1.63 bits per heavy atom. The van der Waals surface area contributed by atoms with Crippen LogP contribution in [-0.2, 0) is 33.4 Å². The third-order valence-corrected chi connectivity index (χ3v) is 8.72. The van der Waals surface area contributed by atoms with E-state index in [1.807, 2.05) is 61.5 Å². The number of hydrogen-bond acceptors (Lipinski definition) is 12. The first-order chi connectivity index (χ1) is 24.6. The van der Waals surface area contributed by atoms with Gasteiger partial charge < -0.3 is 9.47 Å². The molecule has 0 radical (unpaired) electrons. The van der Waals surface area contributed by atoms with E-state index in [9.17, 15) is 13.2 Å². The first kappa shape index (κ1) is 42.9. The van der Waals surface area contributed by atoms with Gasteiger partial charge in [0.25, 0.3) is 0 Å². The normalized spacial score (nSPS) is 11.6. The number of alkyl halides is 1. The minimum atomic E-state index is -3.85. The molecule has 1 atom stereocenters. The Morgan fingerprint density at radius 1 is 0.941 bits per heavy atom. The Hall–Kier alpha value is -4.24. The first-order valence-corrected chi connectivity index (χ1v) is 18.3. The Kier molecular flexibility index (Phi) is 20.2. The lowest BCUT2D eigenvalue weighted by Gasteiger charge is -2.13. The number of carbonyl (C=O) groups is 1. The van der Waals surface area contributed by atoms with Crippen LogP contribution in [0.15, 0.2) is 117 Å². The predicted molar refractivity (Wildman–Crippen MR) is 201 cm³/mol. The fraction of sp³-hybridized carbons (Fsp3) is 0.270. The summed E-state index contributed by atoms with van der Waals surface area (Å²) in [6, 6.07) is 28.8. The van der Waals surface area contributed by atoms with E-state index in [0.717, 1.165) is 46.5 Å². The summed E-state index contributed by atoms with van der Waals surface area (Å²) in [5, 5.41) is 7.87. The average molecular weight is 759 g/mol. The zero-order valence-corrected chi connectivity index (χ0v) is 31.7. The maximum atomic E-state index is 12.0. The van der Waals surface area contributed by atoms with E-state index < -0.39 is 16.1 Å². The van der Waals surface area contributed by atoms with Gasteiger partial charge in [-0.05, 0) is 66.8 Å². The molecule has 4 rings (SSSR count). The monoisotopic (exact) mass is 758 g/mol. The molecule has 0 fully saturated rings. The van der Waals surface area contributed by atoms with Gasteiger partial charge >= 0.3 is 16.1 Å². The molecule has 11 nitrogen and oxygen atoms in total. The summed E-state index contributed by atoms with van der Waals surface area (Å²) in [5.74, 6) is 1.04. The molecule has 14 heteroatoms. The molecule has 0 heterocycles. The average Bonchev–Trinajstić information content (AvgIpc) is 3.15. The minimum absolute atomic E-state index is 0.0864. The van der Waals surface area contributed by atoms with Gasteiger partial charge in [-0.2, -0.15) is 8.42 Å². The number of para-hydroxylation sites is 1. The van der Waals surface area contributed by atoms with Gasteiger partial charge in [-0.1, -0.05) is 90.3 Å². The summed E-state index contributed by atoms with van der Waals surface area (Å²) in [6.07, 6.45) is 4.13. The van der Waals surface area contributed by atoms with Gasteiger partial charge in [-0.25, -0.2) is 9.68 Å². The maximum absolute atomic E-state index is 12.0. The van der Waals surface area contributed by atoms with Crippen molar-refractivity contribution in [3.8, 4) is 5.75 Å². The number of rotatable bonds is 15. The number of ether oxygens (including phenoxy) is 2. The summed E-state index contributed by atoms with van der Waals surface area (Å²) in [7, 11) is 0.878. The van der Waals surface area contributed by atoms with Crippen LogP contribution in [-0.4, -0.2) is 60.6 Å². The lowest BCUT2D eigenvalue weighted by atomic mass is 9.97. The summed E-state index contributed by atoms with van der Waals surface area (Å²) in [6.45, 7) is 6.25. The molecule has 0 amide bonds. The van der Waals surface area contributed by atoms with Gasteiger partial charge in [0.2, 0.25) is 0 Å². The zero-order valence-electron chi connectivity index (χ0n) is 29.4. The van der Waals surface area contributed by atoms with Crippen LogP contribution < -0.4 is 4.74 Å². The van der Waals surface area contributed by atoms with Crippen molar-refractivity contribution in [2.45, 2.75) is 42.9 Å². The molecule has 0 aliphatic heterocycles. The van der Waals surface area contributed by atoms with Crippen LogP contribution in [0.3, 0.4) is 0 Å². The minimum Gasteiger partial charge on any atom is -0.496 e. The van der Waals surface area contributed by atoms with Crippen LogP contribution >= 0.6 is 23.6 Å². The molecule has 274 valence electrons. The van der Waals surface area contributed by atoms with Crippen LogP contribution in [0, 0.1) is 6.92 Å². The molecule has 0 saturated heterocycles. The van der Waals surface area contributed by atoms with Crippen LogP contribution in [0.25, 0.3) is 0 Å². The van der Waals surface area contributed by atoms with E-state index in [1.165, 1.54) is 25.5 Å². The van der Waals surface area contributed by atoms with E-state index >= 15 is 0 Å². The molecule has 4 aromatic rings. The molecule has 51 heavy (non-hydrogen) atoms. The van der Waals surface area contributed by atoms with Crippen molar-refractivity contribution in [2.75, 3.05) is 33.8 Å². The van der Waals surface area contributed by atoms with Crippen molar-refractivity contribution in [1.82, 2.24) is 0 Å². The molecular formula is C37H43ClN2O9S2. The van der Waals surface area contributed by atoms with E-state index in [-0.39, 0.29) is 17.4 Å². The Morgan fingerprint density at radius 3 is 2.25 bits per heavy atom. The first-order valence-electron chi connectivity index (χ1n) is 15.6. The topological polar surface area (TPSA) is 131 Å². The van der Waals surface area contributed by atoms with Crippen molar-refractivity contribution in [3.63, 3.8) is 0 Å². The number of aliphatic imine (C=N–C) groups is 1. The van der Waals surface area contributed by atoms with Crippen molar-refractivity contribution in [3.05, 3.63) is 125 Å². The summed E-state index contributed by atoms with van der Waals surface area (Å²) >= 11 is 6.41. The number of halogens is 1. The molecular weight excluding hydrogens is 716 g/mol. The molecule has 0 saturated carbocycles. The molecule has 0 N–H and O–H groups in total. The SMILES string of the molecule is CCC(C)c1ccc(C(=O)OCCCl)c(SOOOC)c1.CN=Cc1ccccc1OC.Cc1ccc(S(=O)(=O)O/N=C\c2ccccc2)cc1. The fourth-order valence-corrected chi connectivity index (χ4v) is 5.32. The smallest absolute Gasteiger partial charge is 0.358 e. The highest BCUT2D eigenvalue weighted by Gasteiger charge is 2.17. The van der Waals surface area contributed by atoms with Crippen molar-refractivity contribution in [1.29, 1.82) is 0 Å². The van der Waals surface area contributed by atoms with E-state index in [4.69, 9.17) is 25.4 Å². The highest BCUT2D eigenvalue weighted by atomic mass is 35.5. The Bertz CT molecular complexity index is 1770. The van der Waals surface area contributed by atoms with Crippen LogP contribution in [0.2, 0.25) is 0 Å². The van der Waals surface area contributed by atoms with Gasteiger partial charge in [-0.15, -0.1) is 15.9 Å². The second kappa shape index (κ2) is 24.0. The lowest BCUT2D eigenvalue weighted by molar-refractivity contribution is -0.447. The van der Waals surface area contributed by atoms with E-state index in [1.54, 1.807) is 50.7 Å². The second-order valence-corrected chi connectivity index (χ2v) is 13.0. The van der Waals surface area contributed by atoms with Gasteiger partial charge in [0.15, 0.2) is 0 Å². The van der Waals surface area contributed by atoms with E-state index in [2.05, 4.69) is 38.2 Å². The molecule has 0 spiro atoms. The lowest BCUT2D eigenvalue weighted by Crippen LogP contribution is -2.09. The summed E-state index contributed by atoms with van der Waals surface area (Å²) in [5.41, 5.74) is 4.26. The maximum Gasteiger partial charge on any atom is 0.358 e. The van der Waals surface area contributed by atoms with E-state index in [0.29, 0.717) is 16.4 Å². The molecule has 0 aromatic heterocycles. The standard InChI is InChI=1S/C14H19ClO5S.C14H13NO3S.C9H11NO/c1-4-10(2)11-5-6-12(14(16)18-8-7-15)13(9-11)21-20-19-17-3;1-12-7-9-14(10-8-12)19(16,17)18-15-11-13-5-3-2-4-6-13;1-10-7-8-5-3-4-6-9(8)11-2/h5-6,9-10H,4,7-8H2,1-3H3;2-11H,1H3;3-7H,1-2H3/b;15-11-;. The third-order valence-electron chi connectivity index (χ3n) is 6.80. The quantitative estimate of drug-likeness (QED) is 0.0221. The van der Waals surface area contributed by atoms with Gasteiger partial charge in [-0.3, -0.25) is 9.28 Å². The highest BCUT2D eigenvalue weighted by Crippen LogP contribution is 2.30. The van der Waals surface area contributed by atoms with Gasteiger partial charge in [0, 0.05) is 18.8 Å². The third kappa shape index (κ3) is 15.7. The molecule has 4 aromatic carbocycles.